The number of aromatic nitrogens is 3. The molecule has 3 rings (SSSR count). The zero-order valence-corrected chi connectivity index (χ0v) is 13.9. The zero-order valence-electron chi connectivity index (χ0n) is 13.9. The lowest BCUT2D eigenvalue weighted by atomic mass is 9.98. The van der Waals surface area contributed by atoms with Crippen LogP contribution in [0.3, 0.4) is 0 Å². The summed E-state index contributed by atoms with van der Waals surface area (Å²) in [5.74, 6) is -1.92. The highest BCUT2D eigenvalue weighted by Gasteiger charge is 2.31. The van der Waals surface area contributed by atoms with Gasteiger partial charge in [-0.3, -0.25) is 9.59 Å². The van der Waals surface area contributed by atoms with Crippen molar-refractivity contribution in [2.45, 2.75) is 26.2 Å². The summed E-state index contributed by atoms with van der Waals surface area (Å²) in [5, 5.41) is 13.3. The molecular weight excluding hydrogens is 327 g/mol. The van der Waals surface area contributed by atoms with Gasteiger partial charge >= 0.3 is 5.97 Å². The van der Waals surface area contributed by atoms with Crippen LogP contribution < -0.4 is 0 Å². The fourth-order valence-electron chi connectivity index (χ4n) is 2.98. The largest absolute Gasteiger partial charge is 0.481 e. The second kappa shape index (κ2) is 7.00. The number of para-hydroxylation sites is 1. The van der Waals surface area contributed by atoms with Gasteiger partial charge in [0.15, 0.2) is 0 Å². The number of carbonyl (C=O) groups is 2. The van der Waals surface area contributed by atoms with E-state index in [1.807, 2.05) is 6.92 Å². The number of nitrogens with zero attached hydrogens (tertiary/aromatic N) is 4. The Bertz CT molecular complexity index is 805. The maximum absolute atomic E-state index is 14.0. The van der Waals surface area contributed by atoms with Crippen LogP contribution in [0.2, 0.25) is 0 Å². The Morgan fingerprint density at radius 1 is 1.36 bits per heavy atom. The summed E-state index contributed by atoms with van der Waals surface area (Å²) in [4.78, 5) is 29.5. The molecule has 0 bridgehead atoms. The summed E-state index contributed by atoms with van der Waals surface area (Å²) in [6.07, 6.45) is 1.65. The molecule has 132 valence electrons. The van der Waals surface area contributed by atoms with Gasteiger partial charge in [0.25, 0.3) is 5.91 Å². The third-order valence-electron chi connectivity index (χ3n) is 4.32. The Balaban J connectivity index is 1.89. The van der Waals surface area contributed by atoms with Gasteiger partial charge in [-0.25, -0.2) is 14.1 Å². The molecule has 1 unspecified atom stereocenters. The van der Waals surface area contributed by atoms with Crippen molar-refractivity contribution in [2.24, 2.45) is 5.92 Å². The maximum atomic E-state index is 14.0. The van der Waals surface area contributed by atoms with E-state index in [-0.39, 0.29) is 18.1 Å². The van der Waals surface area contributed by atoms with Crippen molar-refractivity contribution in [3.8, 4) is 5.69 Å². The lowest BCUT2D eigenvalue weighted by Gasteiger charge is -2.29. The van der Waals surface area contributed by atoms with Crippen molar-refractivity contribution >= 4 is 11.9 Å². The van der Waals surface area contributed by atoms with Crippen molar-refractivity contribution in [3.05, 3.63) is 41.7 Å². The number of piperidine rings is 1. The molecule has 1 saturated heterocycles. The Hall–Kier alpha value is -2.77. The van der Waals surface area contributed by atoms with Gasteiger partial charge in [0.2, 0.25) is 5.82 Å². The zero-order chi connectivity index (χ0) is 18.0. The number of aryl methyl sites for hydroxylation is 1. The van der Waals surface area contributed by atoms with Crippen LogP contribution in [0.5, 0.6) is 0 Å². The van der Waals surface area contributed by atoms with E-state index >= 15 is 0 Å². The first-order chi connectivity index (χ1) is 12.0. The molecule has 1 aliphatic heterocycles. The molecule has 1 aliphatic rings. The molecular formula is C17H19FN4O3. The van der Waals surface area contributed by atoms with Crippen molar-refractivity contribution in [3.63, 3.8) is 0 Å². The van der Waals surface area contributed by atoms with Crippen LogP contribution >= 0.6 is 0 Å². The monoisotopic (exact) mass is 346 g/mol. The fourth-order valence-corrected chi connectivity index (χ4v) is 2.98. The van der Waals surface area contributed by atoms with Gasteiger partial charge in [0.05, 0.1) is 5.92 Å². The van der Waals surface area contributed by atoms with Crippen LogP contribution in [-0.2, 0) is 11.2 Å². The van der Waals surface area contributed by atoms with Gasteiger partial charge in [-0.05, 0) is 25.0 Å². The minimum atomic E-state index is -0.906. The second-order valence-corrected chi connectivity index (χ2v) is 6.00. The highest BCUT2D eigenvalue weighted by atomic mass is 19.1. The van der Waals surface area contributed by atoms with E-state index in [9.17, 15) is 14.0 Å². The summed E-state index contributed by atoms with van der Waals surface area (Å²) < 4.78 is 15.4. The van der Waals surface area contributed by atoms with Crippen molar-refractivity contribution in [1.82, 2.24) is 19.7 Å². The number of amides is 1. The van der Waals surface area contributed by atoms with Crippen LogP contribution in [0, 0.1) is 11.7 Å². The van der Waals surface area contributed by atoms with E-state index in [0.717, 1.165) is 0 Å². The Kier molecular flexibility index (Phi) is 4.78. The molecule has 0 radical (unpaired) electrons. The minimum absolute atomic E-state index is 0.0360. The number of rotatable bonds is 4. The quantitative estimate of drug-likeness (QED) is 0.913. The first kappa shape index (κ1) is 17.1. The predicted molar refractivity (Wildman–Crippen MR) is 87.0 cm³/mol. The molecule has 1 fully saturated rings. The van der Waals surface area contributed by atoms with E-state index in [0.29, 0.717) is 31.6 Å². The highest BCUT2D eigenvalue weighted by Crippen LogP contribution is 2.19. The number of likely N-dealkylation sites (tertiary alicyclic amines) is 1. The molecule has 0 saturated carbocycles. The van der Waals surface area contributed by atoms with E-state index in [1.54, 1.807) is 18.2 Å². The average molecular weight is 346 g/mol. The van der Waals surface area contributed by atoms with Gasteiger partial charge in [0, 0.05) is 19.5 Å². The summed E-state index contributed by atoms with van der Waals surface area (Å²) in [6, 6.07) is 6.15. The fraction of sp³-hybridized carbons (Fsp3) is 0.412. The molecule has 1 aromatic carbocycles. The summed E-state index contributed by atoms with van der Waals surface area (Å²) in [6.45, 7) is 2.46. The molecule has 0 aliphatic carbocycles. The van der Waals surface area contributed by atoms with Crippen molar-refractivity contribution in [2.75, 3.05) is 13.1 Å². The van der Waals surface area contributed by atoms with Crippen LogP contribution in [-0.4, -0.2) is 49.7 Å². The molecule has 8 heteroatoms. The number of aliphatic carboxylic acids is 1. The normalized spacial score (nSPS) is 17.5. The first-order valence-electron chi connectivity index (χ1n) is 8.24. The van der Waals surface area contributed by atoms with Crippen LogP contribution in [0.25, 0.3) is 5.69 Å². The predicted octanol–water partition coefficient (Wildman–Crippen LogP) is 1.91. The number of hydrogen-bond acceptors (Lipinski definition) is 4. The molecule has 1 amide bonds. The minimum Gasteiger partial charge on any atom is -0.481 e. The first-order valence-corrected chi connectivity index (χ1v) is 8.24. The van der Waals surface area contributed by atoms with Crippen LogP contribution in [0.15, 0.2) is 24.3 Å². The molecule has 1 atom stereocenters. The van der Waals surface area contributed by atoms with Crippen LogP contribution in [0.4, 0.5) is 4.39 Å². The standard InChI is InChI=1S/C17H19FN4O3/c1-2-14-19-15(20-22(14)13-8-4-3-7-12(13)18)16(23)21-9-5-6-11(10-21)17(24)25/h3-4,7-8,11H,2,5-6,9-10H2,1H3,(H,24,25). The molecule has 7 nitrogen and oxygen atoms in total. The molecule has 2 heterocycles. The smallest absolute Gasteiger partial charge is 0.308 e. The highest BCUT2D eigenvalue weighted by molar-refractivity contribution is 5.91. The number of carboxylic acid groups (broad SMARTS) is 1. The lowest BCUT2D eigenvalue weighted by molar-refractivity contribution is -0.143. The van der Waals surface area contributed by atoms with E-state index in [4.69, 9.17) is 5.11 Å². The number of carboxylic acids is 1. The number of hydrogen-bond donors (Lipinski definition) is 1. The van der Waals surface area contributed by atoms with Gasteiger partial charge in [-0.1, -0.05) is 19.1 Å². The summed E-state index contributed by atoms with van der Waals surface area (Å²) in [7, 11) is 0. The van der Waals surface area contributed by atoms with Crippen molar-refractivity contribution < 1.29 is 19.1 Å². The molecule has 0 spiro atoms. The second-order valence-electron chi connectivity index (χ2n) is 6.00. The third kappa shape index (κ3) is 3.38. The Labute approximate surface area is 144 Å². The van der Waals surface area contributed by atoms with Crippen molar-refractivity contribution in [1.29, 1.82) is 0 Å². The molecule has 25 heavy (non-hydrogen) atoms. The molecule has 1 aromatic heterocycles. The molecule has 1 N–H and O–H groups in total. The maximum Gasteiger partial charge on any atom is 0.308 e. The number of halogens is 1. The van der Waals surface area contributed by atoms with E-state index in [1.165, 1.54) is 15.6 Å². The van der Waals surface area contributed by atoms with Crippen LogP contribution in [0.1, 0.15) is 36.2 Å². The van der Waals surface area contributed by atoms with E-state index < -0.39 is 23.6 Å². The summed E-state index contributed by atoms with van der Waals surface area (Å²) >= 11 is 0. The third-order valence-corrected chi connectivity index (χ3v) is 4.32. The topological polar surface area (TPSA) is 88.3 Å². The SMILES string of the molecule is CCc1nc(C(=O)N2CCCC(C(=O)O)C2)nn1-c1ccccc1F. The number of benzene rings is 1. The number of carbonyl (C=O) groups excluding carboxylic acids is 1. The lowest BCUT2D eigenvalue weighted by Crippen LogP contribution is -2.42. The summed E-state index contributed by atoms with van der Waals surface area (Å²) in [5.41, 5.74) is 0.230. The van der Waals surface area contributed by atoms with Gasteiger partial charge in [0.1, 0.15) is 17.3 Å². The van der Waals surface area contributed by atoms with Gasteiger partial charge in [-0.2, -0.15) is 0 Å². The average Bonchev–Trinajstić information content (AvgIpc) is 3.05. The Morgan fingerprint density at radius 3 is 2.80 bits per heavy atom. The van der Waals surface area contributed by atoms with E-state index in [2.05, 4.69) is 10.1 Å². The Morgan fingerprint density at radius 2 is 2.12 bits per heavy atom. The van der Waals surface area contributed by atoms with Gasteiger partial charge in [-0.15, -0.1) is 5.10 Å². The van der Waals surface area contributed by atoms with Gasteiger partial charge < -0.3 is 10.0 Å². The molecule has 2 aromatic rings.